The second-order valence-electron chi connectivity index (χ2n) is 1.85. The van der Waals surface area contributed by atoms with E-state index >= 15 is 0 Å². The number of rotatable bonds is 0. The minimum atomic E-state index is -0.633. The van der Waals surface area contributed by atoms with Crippen molar-refractivity contribution in [1.82, 2.24) is 0 Å². The summed E-state index contributed by atoms with van der Waals surface area (Å²) in [5, 5.41) is 1.77. The summed E-state index contributed by atoms with van der Waals surface area (Å²) in [4.78, 5) is 0. The molecule has 2 unspecified atom stereocenters. The molecular weight excluding hydrogens is 108 g/mol. The molecular formula is C5H8OS. The van der Waals surface area contributed by atoms with E-state index in [2.05, 4.69) is 6.92 Å². The average Bonchev–Trinajstić information content (AvgIpc) is 1.87. The molecule has 0 radical (unpaired) electrons. The third kappa shape index (κ3) is 1.13. The molecule has 1 nitrogen and oxygen atoms in total. The Labute approximate surface area is 45.9 Å². The van der Waals surface area contributed by atoms with Crippen molar-refractivity contribution in [2.45, 2.75) is 6.92 Å². The van der Waals surface area contributed by atoms with Gasteiger partial charge >= 0.3 is 0 Å². The molecule has 0 bridgehead atoms. The second-order valence-corrected chi connectivity index (χ2v) is 3.22. The van der Waals surface area contributed by atoms with Crippen LogP contribution in [0.15, 0.2) is 11.5 Å². The molecule has 1 aliphatic rings. The van der Waals surface area contributed by atoms with Gasteiger partial charge in [-0.3, -0.25) is 4.21 Å². The van der Waals surface area contributed by atoms with Crippen molar-refractivity contribution < 1.29 is 4.21 Å². The first-order valence-corrected chi connectivity index (χ1v) is 3.73. The topological polar surface area (TPSA) is 17.1 Å². The zero-order chi connectivity index (χ0) is 5.28. The average molecular weight is 116 g/mol. The molecule has 1 rings (SSSR count). The fourth-order valence-corrected chi connectivity index (χ4v) is 1.78. The van der Waals surface area contributed by atoms with E-state index in [1.165, 1.54) is 0 Å². The van der Waals surface area contributed by atoms with Gasteiger partial charge in [-0.2, -0.15) is 0 Å². The van der Waals surface area contributed by atoms with Crippen molar-refractivity contribution in [1.29, 1.82) is 0 Å². The predicted octanol–water partition coefficient (Wildman–Crippen LogP) is 0.899. The molecule has 2 atom stereocenters. The predicted molar refractivity (Wildman–Crippen MR) is 31.3 cm³/mol. The Hall–Kier alpha value is -0.110. The van der Waals surface area contributed by atoms with Gasteiger partial charge in [0.05, 0.1) is 0 Å². The van der Waals surface area contributed by atoms with E-state index in [1.807, 2.05) is 6.08 Å². The van der Waals surface area contributed by atoms with Gasteiger partial charge in [0, 0.05) is 16.6 Å². The van der Waals surface area contributed by atoms with Crippen LogP contribution in [0.25, 0.3) is 0 Å². The Morgan fingerprint density at radius 1 is 1.86 bits per heavy atom. The first-order chi connectivity index (χ1) is 3.29. The van der Waals surface area contributed by atoms with Gasteiger partial charge in [0.2, 0.25) is 0 Å². The monoisotopic (exact) mass is 116 g/mol. The third-order valence-corrected chi connectivity index (χ3v) is 2.30. The van der Waals surface area contributed by atoms with Gasteiger partial charge in [-0.25, -0.2) is 0 Å². The molecule has 0 aromatic carbocycles. The molecule has 40 valence electrons. The first-order valence-electron chi connectivity index (χ1n) is 2.34. The fraction of sp³-hybridized carbons (Fsp3) is 0.600. The summed E-state index contributed by atoms with van der Waals surface area (Å²) in [7, 11) is -0.633. The number of allylic oxidation sites excluding steroid dienone is 1. The van der Waals surface area contributed by atoms with E-state index in [-0.39, 0.29) is 0 Å². The van der Waals surface area contributed by atoms with Crippen molar-refractivity contribution in [2.24, 2.45) is 5.92 Å². The summed E-state index contributed by atoms with van der Waals surface area (Å²) < 4.78 is 10.5. The quantitative estimate of drug-likeness (QED) is 0.459. The Kier molecular flexibility index (Phi) is 1.28. The molecule has 0 spiro atoms. The van der Waals surface area contributed by atoms with Crippen LogP contribution >= 0.6 is 0 Å². The Balaban J connectivity index is 2.58. The van der Waals surface area contributed by atoms with Crippen LogP contribution in [-0.2, 0) is 10.8 Å². The standard InChI is InChI=1S/C5H8OS/c1-5-2-3-7(6)4-5/h2-3,5H,4H2,1H3. The van der Waals surface area contributed by atoms with Gasteiger partial charge in [0.25, 0.3) is 0 Å². The van der Waals surface area contributed by atoms with Gasteiger partial charge < -0.3 is 0 Å². The maximum absolute atomic E-state index is 10.5. The molecule has 0 saturated carbocycles. The van der Waals surface area contributed by atoms with Crippen LogP contribution in [0.4, 0.5) is 0 Å². The largest absolute Gasteiger partial charge is 0.255 e. The van der Waals surface area contributed by atoms with Crippen molar-refractivity contribution >= 4 is 10.8 Å². The summed E-state index contributed by atoms with van der Waals surface area (Å²) in [6.07, 6.45) is 2.00. The van der Waals surface area contributed by atoms with Crippen LogP contribution in [0, 0.1) is 5.92 Å². The van der Waals surface area contributed by atoms with Crippen LogP contribution in [0.3, 0.4) is 0 Å². The minimum Gasteiger partial charge on any atom is -0.255 e. The summed E-state index contributed by atoms with van der Waals surface area (Å²) in [5.41, 5.74) is 0. The lowest BCUT2D eigenvalue weighted by Gasteiger charge is -1.89. The molecule has 0 aromatic heterocycles. The smallest absolute Gasteiger partial charge is 0.0458 e. The third-order valence-electron chi connectivity index (χ3n) is 0.986. The van der Waals surface area contributed by atoms with Crippen LogP contribution in [-0.4, -0.2) is 9.96 Å². The number of hydrogen-bond acceptors (Lipinski definition) is 1. The molecule has 7 heavy (non-hydrogen) atoms. The number of hydrogen-bond donors (Lipinski definition) is 0. The lowest BCUT2D eigenvalue weighted by Crippen LogP contribution is -1.93. The molecule has 2 heteroatoms. The van der Waals surface area contributed by atoms with Crippen molar-refractivity contribution in [3.63, 3.8) is 0 Å². The zero-order valence-corrected chi connectivity index (χ0v) is 5.07. The first kappa shape index (κ1) is 5.04. The Bertz CT molecular complexity index is 117. The van der Waals surface area contributed by atoms with Gasteiger partial charge in [-0.1, -0.05) is 13.0 Å². The highest BCUT2D eigenvalue weighted by atomic mass is 32.2. The normalized spacial score (nSPS) is 39.6. The molecule has 0 amide bonds. The Morgan fingerprint density at radius 2 is 2.57 bits per heavy atom. The lowest BCUT2D eigenvalue weighted by molar-refractivity contribution is 0.685. The molecule has 0 aromatic rings. The van der Waals surface area contributed by atoms with E-state index in [1.54, 1.807) is 5.41 Å². The van der Waals surface area contributed by atoms with E-state index in [4.69, 9.17) is 0 Å². The van der Waals surface area contributed by atoms with Crippen molar-refractivity contribution in [2.75, 3.05) is 5.75 Å². The maximum Gasteiger partial charge on any atom is 0.0458 e. The minimum absolute atomic E-state index is 0.542. The summed E-state index contributed by atoms with van der Waals surface area (Å²) in [5.74, 6) is 1.38. The highest BCUT2D eigenvalue weighted by Gasteiger charge is 2.07. The highest BCUT2D eigenvalue weighted by molar-refractivity contribution is 7.88. The SMILES string of the molecule is CC1C=CS(=O)C1. The molecule has 1 heterocycles. The van der Waals surface area contributed by atoms with Crippen LogP contribution in [0.2, 0.25) is 0 Å². The zero-order valence-electron chi connectivity index (χ0n) is 4.26. The van der Waals surface area contributed by atoms with Gasteiger partial charge in [0.15, 0.2) is 0 Å². The summed E-state index contributed by atoms with van der Waals surface area (Å²) in [6.45, 7) is 2.07. The van der Waals surface area contributed by atoms with E-state index in [0.29, 0.717) is 5.92 Å². The summed E-state index contributed by atoms with van der Waals surface area (Å²) >= 11 is 0. The van der Waals surface area contributed by atoms with Gasteiger partial charge in [-0.15, -0.1) is 0 Å². The molecule has 0 N–H and O–H groups in total. The van der Waals surface area contributed by atoms with E-state index in [0.717, 1.165) is 5.75 Å². The van der Waals surface area contributed by atoms with E-state index < -0.39 is 10.8 Å². The second kappa shape index (κ2) is 1.78. The van der Waals surface area contributed by atoms with Crippen LogP contribution < -0.4 is 0 Å². The van der Waals surface area contributed by atoms with Gasteiger partial charge in [0.1, 0.15) is 0 Å². The van der Waals surface area contributed by atoms with Crippen LogP contribution in [0.5, 0.6) is 0 Å². The molecule has 0 saturated heterocycles. The highest BCUT2D eigenvalue weighted by Crippen LogP contribution is 2.08. The molecule has 0 aliphatic carbocycles. The molecule has 1 aliphatic heterocycles. The summed E-state index contributed by atoms with van der Waals surface area (Å²) in [6, 6.07) is 0. The van der Waals surface area contributed by atoms with Crippen molar-refractivity contribution in [3.8, 4) is 0 Å². The van der Waals surface area contributed by atoms with E-state index in [9.17, 15) is 4.21 Å². The Morgan fingerprint density at radius 3 is 2.71 bits per heavy atom. The lowest BCUT2D eigenvalue weighted by atomic mass is 10.2. The van der Waals surface area contributed by atoms with Gasteiger partial charge in [-0.05, 0) is 11.3 Å². The molecule has 0 fully saturated rings. The maximum atomic E-state index is 10.5. The fourth-order valence-electron chi connectivity index (χ4n) is 0.592. The van der Waals surface area contributed by atoms with Crippen LogP contribution in [0.1, 0.15) is 6.92 Å². The van der Waals surface area contributed by atoms with Crippen molar-refractivity contribution in [3.05, 3.63) is 11.5 Å².